The number of carbonyl (C=O) groups excluding carboxylic acids is 1. The van der Waals surface area contributed by atoms with Gasteiger partial charge >= 0.3 is 0 Å². The minimum atomic E-state index is 0.0902. The SMILES string of the molecule is CCC1CCCCN1C(=O)COc1ccc(OC)cc1. The van der Waals surface area contributed by atoms with E-state index >= 15 is 0 Å². The average Bonchev–Trinajstić information content (AvgIpc) is 2.53. The molecule has 20 heavy (non-hydrogen) atoms. The number of amides is 1. The molecule has 1 saturated heterocycles. The lowest BCUT2D eigenvalue weighted by molar-refractivity contribution is -0.137. The Labute approximate surface area is 120 Å². The first kappa shape index (κ1) is 14.7. The van der Waals surface area contributed by atoms with Gasteiger partial charge in [0, 0.05) is 12.6 Å². The lowest BCUT2D eigenvalue weighted by Crippen LogP contribution is -2.45. The van der Waals surface area contributed by atoms with E-state index in [4.69, 9.17) is 9.47 Å². The van der Waals surface area contributed by atoms with Crippen molar-refractivity contribution in [1.82, 2.24) is 4.90 Å². The van der Waals surface area contributed by atoms with Gasteiger partial charge in [-0.25, -0.2) is 0 Å². The summed E-state index contributed by atoms with van der Waals surface area (Å²) in [6, 6.07) is 7.68. The molecule has 2 rings (SSSR count). The third-order valence-corrected chi connectivity index (χ3v) is 3.84. The van der Waals surface area contributed by atoms with Crippen LogP contribution in [-0.4, -0.2) is 37.1 Å². The molecule has 1 aromatic carbocycles. The fourth-order valence-corrected chi connectivity index (χ4v) is 2.65. The van der Waals surface area contributed by atoms with Gasteiger partial charge in [0.2, 0.25) is 0 Å². The number of carbonyl (C=O) groups is 1. The lowest BCUT2D eigenvalue weighted by atomic mass is 10.00. The summed E-state index contributed by atoms with van der Waals surface area (Å²) in [4.78, 5) is 14.2. The van der Waals surface area contributed by atoms with Crippen molar-refractivity contribution in [1.29, 1.82) is 0 Å². The van der Waals surface area contributed by atoms with E-state index in [1.165, 1.54) is 6.42 Å². The first-order valence-corrected chi connectivity index (χ1v) is 7.31. The second-order valence-corrected chi connectivity index (χ2v) is 5.11. The molecule has 1 amide bonds. The standard InChI is InChI=1S/C16H23NO3/c1-3-13-6-4-5-11-17(13)16(18)12-20-15-9-7-14(19-2)8-10-15/h7-10,13H,3-6,11-12H2,1-2H3. The van der Waals surface area contributed by atoms with Gasteiger partial charge in [-0.1, -0.05) is 6.92 Å². The summed E-state index contributed by atoms with van der Waals surface area (Å²) < 4.78 is 10.7. The molecule has 1 aliphatic rings. The van der Waals surface area contributed by atoms with Gasteiger partial charge in [0.15, 0.2) is 6.61 Å². The molecule has 0 spiro atoms. The number of hydrogen-bond donors (Lipinski definition) is 0. The van der Waals surface area contributed by atoms with Crippen LogP contribution < -0.4 is 9.47 Å². The molecule has 1 aliphatic heterocycles. The van der Waals surface area contributed by atoms with Gasteiger partial charge in [-0.05, 0) is 49.9 Å². The first-order chi connectivity index (χ1) is 9.74. The first-order valence-electron chi connectivity index (χ1n) is 7.31. The van der Waals surface area contributed by atoms with Gasteiger partial charge in [0.05, 0.1) is 7.11 Å². The zero-order chi connectivity index (χ0) is 14.4. The summed E-state index contributed by atoms with van der Waals surface area (Å²) in [6.07, 6.45) is 4.46. The maximum absolute atomic E-state index is 12.2. The average molecular weight is 277 g/mol. The van der Waals surface area contributed by atoms with Crippen molar-refractivity contribution >= 4 is 5.91 Å². The van der Waals surface area contributed by atoms with Crippen LogP contribution in [0.2, 0.25) is 0 Å². The number of rotatable bonds is 5. The quantitative estimate of drug-likeness (QED) is 0.830. The van der Waals surface area contributed by atoms with E-state index in [9.17, 15) is 4.79 Å². The molecule has 4 heteroatoms. The van der Waals surface area contributed by atoms with E-state index in [2.05, 4.69) is 6.92 Å². The molecule has 1 fully saturated rings. The molecular formula is C16H23NO3. The summed E-state index contributed by atoms with van der Waals surface area (Å²) in [5, 5.41) is 0. The fraction of sp³-hybridized carbons (Fsp3) is 0.562. The zero-order valence-corrected chi connectivity index (χ0v) is 12.3. The Morgan fingerprint density at radius 3 is 2.60 bits per heavy atom. The molecule has 1 aromatic rings. The molecule has 4 nitrogen and oxygen atoms in total. The predicted octanol–water partition coefficient (Wildman–Crippen LogP) is 2.87. The Kier molecular flexibility index (Phi) is 5.27. The number of piperidine rings is 1. The number of methoxy groups -OCH3 is 1. The monoisotopic (exact) mass is 277 g/mol. The van der Waals surface area contributed by atoms with E-state index in [1.807, 2.05) is 29.2 Å². The van der Waals surface area contributed by atoms with E-state index in [-0.39, 0.29) is 12.5 Å². The summed E-state index contributed by atoms with van der Waals surface area (Å²) in [5.74, 6) is 1.57. The van der Waals surface area contributed by atoms with Crippen LogP contribution >= 0.6 is 0 Å². The molecule has 1 heterocycles. The van der Waals surface area contributed by atoms with Crippen LogP contribution in [0.15, 0.2) is 24.3 Å². The Hall–Kier alpha value is -1.71. The third kappa shape index (κ3) is 3.65. The van der Waals surface area contributed by atoms with Gasteiger partial charge in [0.25, 0.3) is 5.91 Å². The van der Waals surface area contributed by atoms with Crippen molar-refractivity contribution in [2.45, 2.75) is 38.6 Å². The van der Waals surface area contributed by atoms with Crippen LogP contribution in [-0.2, 0) is 4.79 Å². The number of ether oxygens (including phenoxy) is 2. The summed E-state index contributed by atoms with van der Waals surface area (Å²) in [5.41, 5.74) is 0. The zero-order valence-electron chi connectivity index (χ0n) is 12.3. The van der Waals surface area contributed by atoms with Crippen LogP contribution in [0.1, 0.15) is 32.6 Å². The Morgan fingerprint density at radius 1 is 1.25 bits per heavy atom. The Bertz CT molecular complexity index is 430. The largest absolute Gasteiger partial charge is 0.497 e. The predicted molar refractivity (Wildman–Crippen MR) is 78.1 cm³/mol. The van der Waals surface area contributed by atoms with Crippen LogP contribution in [0.4, 0.5) is 0 Å². The lowest BCUT2D eigenvalue weighted by Gasteiger charge is -2.35. The molecule has 0 radical (unpaired) electrons. The van der Waals surface area contributed by atoms with E-state index in [1.54, 1.807) is 7.11 Å². The molecule has 0 aromatic heterocycles. The number of likely N-dealkylation sites (tertiary alicyclic amines) is 1. The number of hydrogen-bond acceptors (Lipinski definition) is 3. The Balaban J connectivity index is 1.87. The van der Waals surface area contributed by atoms with Crippen LogP contribution in [0.25, 0.3) is 0 Å². The molecule has 110 valence electrons. The minimum absolute atomic E-state index is 0.0902. The van der Waals surface area contributed by atoms with Crippen molar-refractivity contribution in [2.24, 2.45) is 0 Å². The van der Waals surface area contributed by atoms with Crippen molar-refractivity contribution in [3.63, 3.8) is 0 Å². The second-order valence-electron chi connectivity index (χ2n) is 5.11. The van der Waals surface area contributed by atoms with E-state index < -0.39 is 0 Å². The Morgan fingerprint density at radius 2 is 1.95 bits per heavy atom. The topological polar surface area (TPSA) is 38.8 Å². The molecule has 0 saturated carbocycles. The van der Waals surface area contributed by atoms with Gasteiger partial charge in [-0.3, -0.25) is 4.79 Å². The molecule has 0 aliphatic carbocycles. The van der Waals surface area contributed by atoms with Crippen molar-refractivity contribution in [2.75, 3.05) is 20.3 Å². The third-order valence-electron chi connectivity index (χ3n) is 3.84. The van der Waals surface area contributed by atoms with Crippen LogP contribution in [0.5, 0.6) is 11.5 Å². The molecular weight excluding hydrogens is 254 g/mol. The highest BCUT2D eigenvalue weighted by atomic mass is 16.5. The van der Waals surface area contributed by atoms with Crippen molar-refractivity contribution in [3.8, 4) is 11.5 Å². The minimum Gasteiger partial charge on any atom is -0.497 e. The van der Waals surface area contributed by atoms with Crippen molar-refractivity contribution < 1.29 is 14.3 Å². The maximum atomic E-state index is 12.2. The van der Waals surface area contributed by atoms with E-state index in [0.29, 0.717) is 11.8 Å². The molecule has 0 bridgehead atoms. The van der Waals surface area contributed by atoms with Gasteiger partial charge < -0.3 is 14.4 Å². The van der Waals surface area contributed by atoms with Crippen LogP contribution in [0.3, 0.4) is 0 Å². The van der Waals surface area contributed by atoms with E-state index in [0.717, 1.165) is 31.6 Å². The highest BCUT2D eigenvalue weighted by molar-refractivity contribution is 5.78. The van der Waals surface area contributed by atoms with Gasteiger partial charge in [0.1, 0.15) is 11.5 Å². The highest BCUT2D eigenvalue weighted by Crippen LogP contribution is 2.20. The number of nitrogens with zero attached hydrogens (tertiary/aromatic N) is 1. The molecule has 0 N–H and O–H groups in total. The normalized spacial score (nSPS) is 18.7. The highest BCUT2D eigenvalue weighted by Gasteiger charge is 2.25. The van der Waals surface area contributed by atoms with Gasteiger partial charge in [-0.2, -0.15) is 0 Å². The number of benzene rings is 1. The maximum Gasteiger partial charge on any atom is 0.260 e. The van der Waals surface area contributed by atoms with Crippen LogP contribution in [0, 0.1) is 0 Å². The summed E-state index contributed by atoms with van der Waals surface area (Å²) in [7, 11) is 1.63. The summed E-state index contributed by atoms with van der Waals surface area (Å²) >= 11 is 0. The van der Waals surface area contributed by atoms with Gasteiger partial charge in [-0.15, -0.1) is 0 Å². The molecule has 1 unspecified atom stereocenters. The molecule has 1 atom stereocenters. The smallest absolute Gasteiger partial charge is 0.260 e. The second kappa shape index (κ2) is 7.17. The summed E-state index contributed by atoms with van der Waals surface area (Å²) in [6.45, 7) is 3.12. The van der Waals surface area contributed by atoms with Crippen molar-refractivity contribution in [3.05, 3.63) is 24.3 Å². The fourth-order valence-electron chi connectivity index (χ4n) is 2.65.